The molecule has 0 fully saturated rings. The van der Waals surface area contributed by atoms with E-state index < -0.39 is 0 Å². The van der Waals surface area contributed by atoms with Gasteiger partial charge in [0.15, 0.2) is 0 Å². The van der Waals surface area contributed by atoms with Crippen LogP contribution < -0.4 is 4.90 Å². The van der Waals surface area contributed by atoms with E-state index >= 15 is 0 Å². The molecule has 2 heterocycles. The molecule has 47 heavy (non-hydrogen) atoms. The lowest BCUT2D eigenvalue weighted by Gasteiger charge is -2.28. The molecule has 0 spiro atoms. The number of anilines is 3. The average Bonchev–Trinajstić information content (AvgIpc) is 3.71. The van der Waals surface area contributed by atoms with Gasteiger partial charge in [-0.25, -0.2) is 0 Å². The zero-order valence-electron chi connectivity index (χ0n) is 25.4. The Labute approximate surface area is 275 Å². The van der Waals surface area contributed by atoms with Crippen molar-refractivity contribution in [3.63, 3.8) is 0 Å². The molecule has 0 unspecified atom stereocenters. The first kappa shape index (κ1) is 26.3. The van der Waals surface area contributed by atoms with Crippen LogP contribution in [0.5, 0.6) is 0 Å². The highest BCUT2D eigenvalue weighted by Gasteiger charge is 2.23. The second kappa shape index (κ2) is 10.3. The van der Waals surface area contributed by atoms with Crippen molar-refractivity contribution in [3.05, 3.63) is 164 Å². The number of benzene rings is 8. The molecule has 0 N–H and O–H groups in total. The molecule has 0 aliphatic carbocycles. The van der Waals surface area contributed by atoms with Crippen LogP contribution in [0.4, 0.5) is 17.1 Å². The lowest BCUT2D eigenvalue weighted by Crippen LogP contribution is -2.11. The molecule has 10 rings (SSSR count). The second-order valence-corrected chi connectivity index (χ2v) is 13.1. The van der Waals surface area contributed by atoms with Crippen molar-refractivity contribution in [1.82, 2.24) is 0 Å². The number of nitrogens with zero attached hydrogens (tertiary/aromatic N) is 1. The summed E-state index contributed by atoms with van der Waals surface area (Å²) in [5, 5.41) is 9.73. The molecule has 2 nitrogen and oxygen atoms in total. The van der Waals surface area contributed by atoms with Gasteiger partial charge in [-0.2, -0.15) is 0 Å². The highest BCUT2D eigenvalue weighted by Crippen LogP contribution is 2.50. The largest absolute Gasteiger partial charge is 0.456 e. The molecule has 220 valence electrons. The first-order valence-corrected chi connectivity index (χ1v) is 16.7. The van der Waals surface area contributed by atoms with E-state index in [0.29, 0.717) is 0 Å². The molecule has 3 heteroatoms. The minimum atomic E-state index is 0.893. The minimum Gasteiger partial charge on any atom is -0.456 e. The Bertz CT molecular complexity index is 2810. The first-order chi connectivity index (χ1) is 23.3. The van der Waals surface area contributed by atoms with E-state index in [1.165, 1.54) is 52.8 Å². The summed E-state index contributed by atoms with van der Waals surface area (Å²) < 4.78 is 8.86. The van der Waals surface area contributed by atoms with Gasteiger partial charge in [0, 0.05) is 42.0 Å². The Kier molecular flexibility index (Phi) is 5.78. The zero-order chi connectivity index (χ0) is 30.9. The zero-order valence-corrected chi connectivity index (χ0v) is 26.2. The summed E-state index contributed by atoms with van der Waals surface area (Å²) in [5.41, 5.74) is 7.67. The van der Waals surface area contributed by atoms with E-state index in [-0.39, 0.29) is 0 Å². The normalized spacial score (nSPS) is 11.8. The quantitative estimate of drug-likeness (QED) is 0.183. The SMILES string of the molecule is c1ccc(-c2ccc(N(c3ccc4oc5ccccc5c4c3)c3cccc4c3ccc3ccccc34)c3c2sc2ccccc23)cc1. The molecule has 2 aromatic heterocycles. The average molecular weight is 618 g/mol. The third-order valence-electron chi connectivity index (χ3n) is 9.45. The summed E-state index contributed by atoms with van der Waals surface area (Å²) in [7, 11) is 0. The molecule has 0 amide bonds. The van der Waals surface area contributed by atoms with Gasteiger partial charge < -0.3 is 9.32 Å². The van der Waals surface area contributed by atoms with Crippen LogP contribution in [0.15, 0.2) is 168 Å². The summed E-state index contributed by atoms with van der Waals surface area (Å²) in [6, 6.07) is 59.1. The molecule has 10 aromatic rings. The molecular formula is C44H27NOS. The van der Waals surface area contributed by atoms with Crippen molar-refractivity contribution in [3.8, 4) is 11.1 Å². The van der Waals surface area contributed by atoms with Crippen LogP contribution >= 0.6 is 11.3 Å². The van der Waals surface area contributed by atoms with Crippen molar-refractivity contribution in [1.29, 1.82) is 0 Å². The second-order valence-electron chi connectivity index (χ2n) is 12.1. The summed E-state index contributed by atoms with van der Waals surface area (Å²) in [5.74, 6) is 0. The van der Waals surface area contributed by atoms with E-state index in [0.717, 1.165) is 39.0 Å². The smallest absolute Gasteiger partial charge is 0.135 e. The van der Waals surface area contributed by atoms with E-state index in [2.05, 4.69) is 157 Å². The van der Waals surface area contributed by atoms with Gasteiger partial charge in [0.25, 0.3) is 0 Å². The maximum atomic E-state index is 6.28. The van der Waals surface area contributed by atoms with E-state index in [1.54, 1.807) is 0 Å². The van der Waals surface area contributed by atoms with E-state index in [1.807, 2.05) is 23.5 Å². The summed E-state index contributed by atoms with van der Waals surface area (Å²) in [6.07, 6.45) is 0. The van der Waals surface area contributed by atoms with Crippen LogP contribution in [0.25, 0.3) is 74.8 Å². The molecule has 0 saturated carbocycles. The number of rotatable bonds is 4. The third-order valence-corrected chi connectivity index (χ3v) is 10.7. The number of fused-ring (bicyclic) bond motifs is 9. The lowest BCUT2D eigenvalue weighted by molar-refractivity contribution is 0.669. The fourth-order valence-electron chi connectivity index (χ4n) is 7.32. The Morgan fingerprint density at radius 1 is 0.447 bits per heavy atom. The van der Waals surface area contributed by atoms with Crippen LogP contribution in [0.3, 0.4) is 0 Å². The Morgan fingerprint density at radius 2 is 1.19 bits per heavy atom. The maximum Gasteiger partial charge on any atom is 0.135 e. The number of thiophene rings is 1. The van der Waals surface area contributed by atoms with Crippen LogP contribution in [-0.4, -0.2) is 0 Å². The van der Waals surface area contributed by atoms with Gasteiger partial charge in [-0.15, -0.1) is 11.3 Å². The van der Waals surface area contributed by atoms with Crippen molar-refractivity contribution in [2.45, 2.75) is 0 Å². The highest BCUT2D eigenvalue weighted by molar-refractivity contribution is 7.26. The molecular weight excluding hydrogens is 591 g/mol. The van der Waals surface area contributed by atoms with Crippen LogP contribution in [0, 0.1) is 0 Å². The molecule has 0 aliphatic rings. The summed E-state index contributed by atoms with van der Waals surface area (Å²) in [6.45, 7) is 0. The van der Waals surface area contributed by atoms with Crippen molar-refractivity contribution in [2.24, 2.45) is 0 Å². The topological polar surface area (TPSA) is 16.4 Å². The highest BCUT2D eigenvalue weighted by atomic mass is 32.1. The molecule has 0 bridgehead atoms. The number of hydrogen-bond donors (Lipinski definition) is 0. The fourth-order valence-corrected chi connectivity index (χ4v) is 8.58. The predicted octanol–water partition coefficient (Wildman–Crippen LogP) is 13.4. The lowest BCUT2D eigenvalue weighted by atomic mass is 9.98. The monoisotopic (exact) mass is 617 g/mol. The Hall–Kier alpha value is -5.90. The maximum absolute atomic E-state index is 6.28. The predicted molar refractivity (Wildman–Crippen MR) is 202 cm³/mol. The first-order valence-electron chi connectivity index (χ1n) is 15.9. The molecule has 0 aliphatic heterocycles. The van der Waals surface area contributed by atoms with Gasteiger partial charge in [0.2, 0.25) is 0 Å². The van der Waals surface area contributed by atoms with Crippen molar-refractivity contribution >= 4 is 92.1 Å². The van der Waals surface area contributed by atoms with Gasteiger partial charge in [-0.3, -0.25) is 0 Å². The summed E-state index contributed by atoms with van der Waals surface area (Å²) >= 11 is 1.87. The van der Waals surface area contributed by atoms with Crippen LogP contribution in [-0.2, 0) is 0 Å². The van der Waals surface area contributed by atoms with Gasteiger partial charge >= 0.3 is 0 Å². The summed E-state index contributed by atoms with van der Waals surface area (Å²) in [4.78, 5) is 2.47. The third kappa shape index (κ3) is 4.04. The van der Waals surface area contributed by atoms with Gasteiger partial charge in [0.05, 0.1) is 11.4 Å². The standard InChI is InChI=1S/C44H27NOS/c1-2-11-28(12-3-1)32-24-25-39(43-36-16-7-9-20-42(36)47-44(32)43)45(30-22-26-41-37(27-30)35-15-6-8-19-40(35)46-41)38-18-10-17-33-31-14-5-4-13-29(31)21-23-34(33)38/h1-27H. The molecule has 0 saturated heterocycles. The minimum absolute atomic E-state index is 0.893. The van der Waals surface area contributed by atoms with Gasteiger partial charge in [-0.05, 0) is 69.8 Å². The molecule has 0 atom stereocenters. The fraction of sp³-hybridized carbons (Fsp3) is 0. The molecule has 8 aromatic carbocycles. The van der Waals surface area contributed by atoms with E-state index in [9.17, 15) is 0 Å². The van der Waals surface area contributed by atoms with Gasteiger partial charge in [-0.1, -0.05) is 121 Å². The van der Waals surface area contributed by atoms with Crippen LogP contribution in [0.2, 0.25) is 0 Å². The van der Waals surface area contributed by atoms with Crippen molar-refractivity contribution < 1.29 is 4.42 Å². The van der Waals surface area contributed by atoms with Gasteiger partial charge in [0.1, 0.15) is 11.2 Å². The van der Waals surface area contributed by atoms with Crippen LogP contribution in [0.1, 0.15) is 0 Å². The number of para-hydroxylation sites is 1. The number of furan rings is 1. The van der Waals surface area contributed by atoms with Crippen molar-refractivity contribution in [2.75, 3.05) is 4.90 Å². The Balaban J connectivity index is 1.33. The number of hydrogen-bond acceptors (Lipinski definition) is 3. The molecule has 0 radical (unpaired) electrons. The Morgan fingerprint density at radius 3 is 2.11 bits per heavy atom. The van der Waals surface area contributed by atoms with E-state index in [4.69, 9.17) is 4.42 Å².